The van der Waals surface area contributed by atoms with Crippen LogP contribution in [0.15, 0.2) is 26.7 Å². The third kappa shape index (κ3) is 4.01. The van der Waals surface area contributed by atoms with E-state index in [-0.39, 0.29) is 34.9 Å². The third-order valence-corrected chi connectivity index (χ3v) is 5.25. The van der Waals surface area contributed by atoms with Crippen LogP contribution in [0.2, 0.25) is 0 Å². The lowest BCUT2D eigenvalue weighted by Gasteiger charge is -2.28. The van der Waals surface area contributed by atoms with Crippen LogP contribution in [0.25, 0.3) is 11.0 Å². The average Bonchev–Trinajstić information content (AvgIpc) is 2.46. The van der Waals surface area contributed by atoms with Gasteiger partial charge in [-0.1, -0.05) is 13.8 Å². The molecule has 0 aromatic carbocycles. The molecule has 11 heteroatoms. The molecule has 0 radical (unpaired) electrons. The van der Waals surface area contributed by atoms with Crippen molar-refractivity contribution < 1.29 is 8.42 Å². The predicted molar refractivity (Wildman–Crippen MR) is 92.9 cm³/mol. The Hall–Kier alpha value is -1.75. The van der Waals surface area contributed by atoms with Gasteiger partial charge >= 0.3 is 5.69 Å². The summed E-state index contributed by atoms with van der Waals surface area (Å²) in [6, 6.07) is 1.19. The number of halogens is 1. The zero-order chi connectivity index (χ0) is 17.4. The largest absolute Gasteiger partial charge is 0.330 e. The minimum absolute atomic E-state index is 0. The number of H-pyrrole nitrogens is 2. The van der Waals surface area contributed by atoms with Gasteiger partial charge in [-0.3, -0.25) is 14.8 Å². The summed E-state index contributed by atoms with van der Waals surface area (Å²) in [5, 5.41) is -0.00263. The molecule has 2 heterocycles. The highest BCUT2D eigenvalue weighted by atomic mass is 35.5. The molecule has 24 heavy (non-hydrogen) atoms. The van der Waals surface area contributed by atoms with Gasteiger partial charge in [0.2, 0.25) is 10.0 Å². The summed E-state index contributed by atoms with van der Waals surface area (Å²) in [6.07, 6.45) is 1.11. The van der Waals surface area contributed by atoms with Crippen LogP contribution in [0.4, 0.5) is 0 Å². The van der Waals surface area contributed by atoms with E-state index in [0.29, 0.717) is 6.54 Å². The molecule has 0 amide bonds. The van der Waals surface area contributed by atoms with Gasteiger partial charge in [0.1, 0.15) is 10.5 Å². The summed E-state index contributed by atoms with van der Waals surface area (Å²) < 4.78 is 26.4. The summed E-state index contributed by atoms with van der Waals surface area (Å²) in [5.74, 6) is 0. The van der Waals surface area contributed by atoms with Gasteiger partial charge in [0.15, 0.2) is 0 Å². The fraction of sp³-hybridized carbons (Fsp3) is 0.462. The molecule has 0 aliphatic rings. The van der Waals surface area contributed by atoms with E-state index in [1.807, 2.05) is 18.8 Å². The van der Waals surface area contributed by atoms with Crippen LogP contribution in [-0.2, 0) is 10.0 Å². The van der Waals surface area contributed by atoms with E-state index in [1.54, 1.807) is 0 Å². The fourth-order valence-corrected chi connectivity index (χ4v) is 3.43. The molecule has 0 saturated carbocycles. The third-order valence-electron chi connectivity index (χ3n) is 3.48. The molecule has 0 aliphatic heterocycles. The molecular weight excluding hydrogens is 358 g/mol. The van der Waals surface area contributed by atoms with Gasteiger partial charge in [-0.05, 0) is 18.0 Å². The number of hydrogen-bond donors (Lipinski definition) is 3. The van der Waals surface area contributed by atoms with Crippen molar-refractivity contribution >= 4 is 33.5 Å². The number of fused-ring (bicyclic) bond motifs is 1. The lowest BCUT2D eigenvalue weighted by Crippen LogP contribution is -2.39. The number of hydrogen-bond acceptors (Lipinski definition) is 6. The van der Waals surface area contributed by atoms with Crippen molar-refractivity contribution in [3.63, 3.8) is 0 Å². The number of rotatable bonds is 5. The Kier molecular flexibility index (Phi) is 5.93. The Balaban J connectivity index is 0.00000288. The van der Waals surface area contributed by atoms with Crippen LogP contribution >= 0.6 is 12.4 Å². The molecule has 0 unspecified atom stereocenters. The summed E-state index contributed by atoms with van der Waals surface area (Å²) >= 11 is 0. The maximum absolute atomic E-state index is 12.6. The van der Waals surface area contributed by atoms with E-state index < -0.39 is 26.7 Å². The smallest absolute Gasteiger partial charge is 0.327 e. The molecule has 0 saturated heterocycles. The molecule has 2 aromatic rings. The minimum atomic E-state index is -3.83. The van der Waals surface area contributed by atoms with Crippen molar-refractivity contribution in [2.45, 2.75) is 18.7 Å². The monoisotopic (exact) mass is 377 g/mol. The highest BCUT2D eigenvalue weighted by molar-refractivity contribution is 7.89. The number of nitrogens with two attached hydrogens (primary N) is 1. The first-order chi connectivity index (χ1) is 10.6. The van der Waals surface area contributed by atoms with Gasteiger partial charge in [0, 0.05) is 19.8 Å². The quantitative estimate of drug-likeness (QED) is 0.649. The molecule has 0 spiro atoms. The first kappa shape index (κ1) is 20.3. The molecule has 0 aliphatic carbocycles. The minimum Gasteiger partial charge on any atom is -0.330 e. The Labute approximate surface area is 144 Å². The topological polar surface area (TPSA) is 142 Å². The summed E-state index contributed by atoms with van der Waals surface area (Å²) in [5.41, 5.74) is 3.87. The van der Waals surface area contributed by atoms with Gasteiger partial charge < -0.3 is 5.73 Å². The fourth-order valence-electron chi connectivity index (χ4n) is 2.10. The van der Waals surface area contributed by atoms with Crippen LogP contribution in [-0.4, -0.2) is 47.8 Å². The van der Waals surface area contributed by atoms with Crippen LogP contribution < -0.4 is 17.0 Å². The molecule has 0 bridgehead atoms. The van der Waals surface area contributed by atoms with Crippen LogP contribution in [0.3, 0.4) is 0 Å². The first-order valence-electron chi connectivity index (χ1n) is 6.85. The molecular formula is C13H20ClN5O4S. The van der Waals surface area contributed by atoms with Crippen molar-refractivity contribution in [2.75, 3.05) is 20.1 Å². The number of sulfonamides is 1. The molecule has 0 fully saturated rings. The van der Waals surface area contributed by atoms with E-state index in [4.69, 9.17) is 5.73 Å². The SMILES string of the molecule is CN(CC(C)(C)CN)S(=O)(=O)c1cnc2[nH]c(=O)[nH]c(=O)c2c1.Cl. The first-order valence-corrected chi connectivity index (χ1v) is 8.29. The molecule has 4 N–H and O–H groups in total. The van der Waals surface area contributed by atoms with E-state index in [1.165, 1.54) is 17.4 Å². The van der Waals surface area contributed by atoms with Gasteiger partial charge in [0.05, 0.1) is 5.39 Å². The summed E-state index contributed by atoms with van der Waals surface area (Å²) in [7, 11) is -2.39. The molecule has 2 aromatic heterocycles. The van der Waals surface area contributed by atoms with Crippen LogP contribution in [0.1, 0.15) is 13.8 Å². The number of nitrogens with zero attached hydrogens (tertiary/aromatic N) is 2. The van der Waals surface area contributed by atoms with Crippen molar-refractivity contribution in [1.82, 2.24) is 19.3 Å². The number of pyridine rings is 1. The van der Waals surface area contributed by atoms with Crippen LogP contribution in [0, 0.1) is 5.41 Å². The van der Waals surface area contributed by atoms with Gasteiger partial charge in [-0.15, -0.1) is 12.4 Å². The van der Waals surface area contributed by atoms with Gasteiger partial charge in [0.25, 0.3) is 5.56 Å². The highest BCUT2D eigenvalue weighted by Crippen LogP contribution is 2.21. The number of nitrogens with one attached hydrogen (secondary N) is 2. The Morgan fingerprint density at radius 3 is 2.50 bits per heavy atom. The Morgan fingerprint density at radius 2 is 1.92 bits per heavy atom. The maximum atomic E-state index is 12.6. The second-order valence-corrected chi connectivity index (χ2v) is 8.15. The number of aromatic nitrogens is 3. The van der Waals surface area contributed by atoms with Crippen molar-refractivity contribution in [1.29, 1.82) is 0 Å². The van der Waals surface area contributed by atoms with Gasteiger partial charge in [-0.25, -0.2) is 22.5 Å². The second-order valence-electron chi connectivity index (χ2n) is 6.10. The standard InChI is InChI=1S/C13H19N5O4S.ClH/c1-13(2,6-14)7-18(3)23(21,22)8-4-9-10(15-5-8)16-12(20)17-11(9)19;/h4-5H,6-7,14H2,1-3H3,(H2,15,16,17,19,20);1H. The van der Waals surface area contributed by atoms with Crippen molar-refractivity contribution in [2.24, 2.45) is 11.1 Å². The lowest BCUT2D eigenvalue weighted by molar-refractivity contribution is 0.292. The normalized spacial score (nSPS) is 12.4. The van der Waals surface area contributed by atoms with E-state index in [9.17, 15) is 18.0 Å². The van der Waals surface area contributed by atoms with Crippen molar-refractivity contribution in [3.8, 4) is 0 Å². The summed E-state index contributed by atoms with van der Waals surface area (Å²) in [4.78, 5) is 31.1. The second kappa shape index (κ2) is 7.01. The lowest BCUT2D eigenvalue weighted by atomic mass is 9.94. The predicted octanol–water partition coefficient (Wildman–Crippen LogP) is -0.361. The number of aromatic amines is 2. The van der Waals surface area contributed by atoms with Crippen molar-refractivity contribution in [3.05, 3.63) is 33.1 Å². The summed E-state index contributed by atoms with van der Waals surface area (Å²) in [6.45, 7) is 4.25. The van der Waals surface area contributed by atoms with E-state index >= 15 is 0 Å². The Morgan fingerprint density at radius 1 is 1.29 bits per heavy atom. The molecule has 9 nitrogen and oxygen atoms in total. The maximum Gasteiger partial charge on any atom is 0.327 e. The van der Waals surface area contributed by atoms with Crippen LogP contribution in [0.5, 0.6) is 0 Å². The highest BCUT2D eigenvalue weighted by Gasteiger charge is 2.27. The average molecular weight is 378 g/mol. The zero-order valence-electron chi connectivity index (χ0n) is 13.5. The van der Waals surface area contributed by atoms with E-state index in [0.717, 1.165) is 6.20 Å². The molecule has 2 rings (SSSR count). The van der Waals surface area contributed by atoms with E-state index in [2.05, 4.69) is 9.97 Å². The zero-order valence-corrected chi connectivity index (χ0v) is 15.1. The molecule has 0 atom stereocenters. The molecule has 134 valence electrons. The van der Waals surface area contributed by atoms with Gasteiger partial charge in [-0.2, -0.15) is 0 Å². The Bertz CT molecular complexity index is 951.